The molecule has 0 atom stereocenters. The fraction of sp³-hybridized carbons (Fsp3) is 0.333. The monoisotopic (exact) mass is 574 g/mol. The molecule has 0 saturated heterocycles. The highest BCUT2D eigenvalue weighted by Gasteiger charge is 2.21. The van der Waals surface area contributed by atoms with Gasteiger partial charge in [0.25, 0.3) is 0 Å². The van der Waals surface area contributed by atoms with Crippen molar-refractivity contribution in [2.45, 2.75) is 33.6 Å². The normalized spacial score (nSPS) is 11.7. The number of ether oxygens (including phenoxy) is 2. The summed E-state index contributed by atoms with van der Waals surface area (Å²) in [5.74, 6) is 1.88. The molecule has 0 fully saturated rings. The number of rotatable bonds is 15. The minimum absolute atomic E-state index is 0.0592. The molecule has 0 N–H and O–H groups in total. The average Bonchev–Trinajstić information content (AvgIpc) is 3.06. The first kappa shape index (κ1) is 30.6. The van der Waals surface area contributed by atoms with E-state index in [9.17, 15) is 0 Å². The molecular weight excluding hydrogens is 528 g/mol. The summed E-state index contributed by atoms with van der Waals surface area (Å²) < 4.78 is 12.3. The molecule has 224 valence electrons. The maximum Gasteiger partial charge on any atom is 0.119 e. The third-order valence-electron chi connectivity index (χ3n) is 8.68. The predicted molar refractivity (Wildman–Crippen MR) is 182 cm³/mol. The number of benzene rings is 5. The Morgan fingerprint density at radius 1 is 0.512 bits per heavy atom. The summed E-state index contributed by atoms with van der Waals surface area (Å²) in [7, 11) is 0. The van der Waals surface area contributed by atoms with Gasteiger partial charge in [-0.3, -0.25) is 0 Å². The molecule has 5 aromatic carbocycles. The molecule has 0 aliphatic heterocycles. The van der Waals surface area contributed by atoms with Crippen LogP contribution in [0.5, 0.6) is 11.5 Å². The maximum absolute atomic E-state index is 6.14. The molecule has 4 nitrogen and oxygen atoms in total. The van der Waals surface area contributed by atoms with Gasteiger partial charge in [-0.05, 0) is 94.7 Å². The van der Waals surface area contributed by atoms with Crippen molar-refractivity contribution in [2.24, 2.45) is 0 Å². The summed E-state index contributed by atoms with van der Waals surface area (Å²) in [5, 5.41) is 5.11. The quantitative estimate of drug-likeness (QED) is 0.0923. The van der Waals surface area contributed by atoms with Crippen LogP contribution in [-0.4, -0.2) is 62.3 Å². The van der Waals surface area contributed by atoms with Crippen molar-refractivity contribution >= 4 is 21.5 Å². The van der Waals surface area contributed by atoms with E-state index in [1.807, 2.05) is 0 Å². The average molecular weight is 575 g/mol. The van der Waals surface area contributed by atoms with E-state index in [0.29, 0.717) is 13.2 Å². The van der Waals surface area contributed by atoms with Crippen LogP contribution in [0, 0.1) is 0 Å². The molecule has 0 saturated carbocycles. The lowest BCUT2D eigenvalue weighted by Gasteiger charge is -2.23. The third-order valence-corrected chi connectivity index (χ3v) is 8.68. The number of fused-ring (bicyclic) bond motifs is 3. The summed E-state index contributed by atoms with van der Waals surface area (Å²) in [5.41, 5.74) is 3.79. The molecule has 0 amide bonds. The van der Waals surface area contributed by atoms with Crippen LogP contribution in [-0.2, 0) is 0 Å². The van der Waals surface area contributed by atoms with Crippen LogP contribution in [0.2, 0.25) is 0 Å². The Kier molecular flexibility index (Phi) is 10.7. The van der Waals surface area contributed by atoms with Gasteiger partial charge in [-0.1, -0.05) is 100 Å². The van der Waals surface area contributed by atoms with Gasteiger partial charge in [0.05, 0.1) is 0 Å². The van der Waals surface area contributed by atoms with Gasteiger partial charge in [0.1, 0.15) is 24.7 Å². The lowest BCUT2D eigenvalue weighted by atomic mass is 9.81. The molecule has 5 rings (SSSR count). The maximum atomic E-state index is 6.14. The molecule has 0 radical (unpaired) electrons. The third kappa shape index (κ3) is 7.38. The lowest BCUT2D eigenvalue weighted by molar-refractivity contribution is 0.223. The van der Waals surface area contributed by atoms with Gasteiger partial charge in [-0.2, -0.15) is 0 Å². The predicted octanol–water partition coefficient (Wildman–Crippen LogP) is 8.61. The summed E-state index contributed by atoms with van der Waals surface area (Å²) in [4.78, 5) is 4.76. The standard InChI is InChI=1S/C39H46N2O2/c1-5-40(6-2)25-27-42-33-21-17-30(18-22-33)39(31-19-23-34(24-20-31)43-28-26-41(7-3)8-4)38-29-32-13-9-10-14-35(32)36-15-11-12-16-37(36)38/h9-24,29,39H,5-8,25-28H2,1-4H3. The van der Waals surface area contributed by atoms with Crippen LogP contribution in [0.25, 0.3) is 21.5 Å². The van der Waals surface area contributed by atoms with Gasteiger partial charge < -0.3 is 19.3 Å². The second-order valence-electron chi connectivity index (χ2n) is 11.1. The fourth-order valence-electron chi connectivity index (χ4n) is 6.05. The van der Waals surface area contributed by atoms with Gasteiger partial charge in [0.2, 0.25) is 0 Å². The minimum atomic E-state index is 0.0592. The molecule has 4 heteroatoms. The number of nitrogens with zero attached hydrogens (tertiary/aromatic N) is 2. The van der Waals surface area contributed by atoms with Crippen molar-refractivity contribution in [3.63, 3.8) is 0 Å². The van der Waals surface area contributed by atoms with Crippen LogP contribution in [0.15, 0.2) is 103 Å². The zero-order valence-corrected chi connectivity index (χ0v) is 26.3. The SMILES string of the molecule is CCN(CC)CCOc1ccc(C(c2ccc(OCCN(CC)CC)cc2)c2cc3ccccc3c3ccccc23)cc1. The van der Waals surface area contributed by atoms with Crippen LogP contribution < -0.4 is 9.47 Å². The minimum Gasteiger partial charge on any atom is -0.492 e. The van der Waals surface area contributed by atoms with Crippen molar-refractivity contribution in [1.29, 1.82) is 0 Å². The fourth-order valence-corrected chi connectivity index (χ4v) is 6.05. The van der Waals surface area contributed by atoms with E-state index in [-0.39, 0.29) is 5.92 Å². The van der Waals surface area contributed by atoms with Crippen molar-refractivity contribution in [3.05, 3.63) is 120 Å². The first-order chi connectivity index (χ1) is 21.1. The Hall–Kier alpha value is -3.86. The Balaban J connectivity index is 1.49. The highest BCUT2D eigenvalue weighted by molar-refractivity contribution is 6.09. The molecule has 0 unspecified atom stereocenters. The van der Waals surface area contributed by atoms with Crippen molar-refractivity contribution in [3.8, 4) is 11.5 Å². The van der Waals surface area contributed by atoms with Crippen LogP contribution in [0.1, 0.15) is 50.3 Å². The van der Waals surface area contributed by atoms with E-state index < -0.39 is 0 Å². The van der Waals surface area contributed by atoms with E-state index in [1.165, 1.54) is 38.2 Å². The van der Waals surface area contributed by atoms with E-state index >= 15 is 0 Å². The summed E-state index contributed by atoms with van der Waals surface area (Å²) in [6, 6.07) is 37.3. The first-order valence-corrected chi connectivity index (χ1v) is 16.0. The van der Waals surface area contributed by atoms with Gasteiger partial charge in [0, 0.05) is 19.0 Å². The second kappa shape index (κ2) is 15.0. The van der Waals surface area contributed by atoms with E-state index in [2.05, 4.69) is 141 Å². The highest BCUT2D eigenvalue weighted by atomic mass is 16.5. The smallest absolute Gasteiger partial charge is 0.119 e. The van der Waals surface area contributed by atoms with Crippen LogP contribution in [0.3, 0.4) is 0 Å². The van der Waals surface area contributed by atoms with Gasteiger partial charge >= 0.3 is 0 Å². The molecule has 0 aromatic heterocycles. The largest absolute Gasteiger partial charge is 0.492 e. The van der Waals surface area contributed by atoms with Crippen LogP contribution in [0.4, 0.5) is 0 Å². The Labute approximate surface area is 257 Å². The van der Waals surface area contributed by atoms with Crippen molar-refractivity contribution < 1.29 is 9.47 Å². The zero-order valence-electron chi connectivity index (χ0n) is 26.3. The summed E-state index contributed by atoms with van der Waals surface area (Å²) >= 11 is 0. The topological polar surface area (TPSA) is 24.9 Å². The Bertz CT molecular complexity index is 1510. The van der Waals surface area contributed by atoms with Crippen molar-refractivity contribution in [1.82, 2.24) is 9.80 Å². The zero-order chi connectivity index (χ0) is 30.0. The number of likely N-dealkylation sites (N-methyl/N-ethyl adjacent to an activating group) is 2. The second-order valence-corrected chi connectivity index (χ2v) is 11.1. The molecule has 0 spiro atoms. The molecule has 5 aromatic rings. The molecule has 0 aliphatic rings. The Morgan fingerprint density at radius 3 is 1.44 bits per heavy atom. The summed E-state index contributed by atoms with van der Waals surface area (Å²) in [6.45, 7) is 16.2. The van der Waals surface area contributed by atoms with Gasteiger partial charge in [-0.15, -0.1) is 0 Å². The molecule has 43 heavy (non-hydrogen) atoms. The van der Waals surface area contributed by atoms with E-state index in [1.54, 1.807) is 0 Å². The highest BCUT2D eigenvalue weighted by Crippen LogP contribution is 2.40. The van der Waals surface area contributed by atoms with E-state index in [0.717, 1.165) is 50.8 Å². The summed E-state index contributed by atoms with van der Waals surface area (Å²) in [6.07, 6.45) is 0. The first-order valence-electron chi connectivity index (χ1n) is 16.0. The Morgan fingerprint density at radius 2 is 0.953 bits per heavy atom. The molecule has 0 heterocycles. The van der Waals surface area contributed by atoms with Crippen molar-refractivity contribution in [2.75, 3.05) is 52.5 Å². The van der Waals surface area contributed by atoms with E-state index in [4.69, 9.17) is 9.47 Å². The lowest BCUT2D eigenvalue weighted by Crippen LogP contribution is -2.27. The molecular formula is C39H46N2O2. The number of hydrogen-bond acceptors (Lipinski definition) is 4. The van der Waals surface area contributed by atoms with Gasteiger partial charge in [-0.25, -0.2) is 0 Å². The molecule has 0 bridgehead atoms. The molecule has 0 aliphatic carbocycles. The number of hydrogen-bond donors (Lipinski definition) is 0. The van der Waals surface area contributed by atoms with Gasteiger partial charge in [0.15, 0.2) is 0 Å². The van der Waals surface area contributed by atoms with Crippen LogP contribution >= 0.6 is 0 Å².